The van der Waals surface area contributed by atoms with Crippen LogP contribution in [0.1, 0.15) is 49.7 Å². The van der Waals surface area contributed by atoms with Crippen LogP contribution in [0.5, 0.6) is 5.75 Å². The van der Waals surface area contributed by atoms with E-state index < -0.39 is 5.91 Å². The fraction of sp³-hybridized carbons (Fsp3) is 0.538. The lowest BCUT2D eigenvalue weighted by Crippen LogP contribution is -2.21. The van der Waals surface area contributed by atoms with Gasteiger partial charge in [0.2, 0.25) is 0 Å². The molecule has 1 heterocycles. The van der Waals surface area contributed by atoms with E-state index in [4.69, 9.17) is 10.5 Å². The third kappa shape index (κ3) is 2.57. The van der Waals surface area contributed by atoms with Gasteiger partial charge in [-0.2, -0.15) is 0 Å². The summed E-state index contributed by atoms with van der Waals surface area (Å²) in [5.41, 5.74) is 6.43. The van der Waals surface area contributed by atoms with Crippen LogP contribution in [-0.4, -0.2) is 17.0 Å². The van der Waals surface area contributed by atoms with Crippen molar-refractivity contribution in [3.05, 3.63) is 23.5 Å². The van der Waals surface area contributed by atoms with Crippen molar-refractivity contribution >= 4 is 5.91 Å². The highest BCUT2D eigenvalue weighted by Gasteiger charge is 2.30. The number of ether oxygens (including phenoxy) is 1. The Hall–Kier alpha value is -1.58. The highest BCUT2D eigenvalue weighted by molar-refractivity contribution is 5.95. The molecule has 1 saturated carbocycles. The van der Waals surface area contributed by atoms with E-state index in [1.54, 1.807) is 12.3 Å². The van der Waals surface area contributed by atoms with Gasteiger partial charge in [-0.3, -0.25) is 9.78 Å². The number of hydrogen-bond donors (Lipinski definition) is 1. The zero-order valence-electron chi connectivity index (χ0n) is 10.5. The summed E-state index contributed by atoms with van der Waals surface area (Å²) in [6, 6.07) is 1.62. The van der Waals surface area contributed by atoms with Gasteiger partial charge in [-0.1, -0.05) is 20.8 Å². The Bertz CT molecular complexity index is 445. The Morgan fingerprint density at radius 3 is 2.59 bits per heavy atom. The topological polar surface area (TPSA) is 65.2 Å². The zero-order valence-corrected chi connectivity index (χ0v) is 10.5. The molecule has 1 fully saturated rings. The number of pyridine rings is 1. The summed E-state index contributed by atoms with van der Waals surface area (Å²) in [6.45, 7) is 6.12. The van der Waals surface area contributed by atoms with E-state index in [1.807, 2.05) is 20.8 Å². The largest absolute Gasteiger partial charge is 0.488 e. The van der Waals surface area contributed by atoms with Crippen LogP contribution >= 0.6 is 0 Å². The van der Waals surface area contributed by atoms with E-state index in [2.05, 4.69) is 4.98 Å². The molecule has 2 rings (SSSR count). The van der Waals surface area contributed by atoms with Crippen LogP contribution in [0.3, 0.4) is 0 Å². The van der Waals surface area contributed by atoms with E-state index in [-0.39, 0.29) is 11.5 Å². The predicted molar refractivity (Wildman–Crippen MR) is 65.1 cm³/mol. The first kappa shape index (κ1) is 11.9. The summed E-state index contributed by atoms with van der Waals surface area (Å²) >= 11 is 0. The van der Waals surface area contributed by atoms with Crippen molar-refractivity contribution in [1.29, 1.82) is 0 Å². The first-order valence-electron chi connectivity index (χ1n) is 5.85. The van der Waals surface area contributed by atoms with E-state index >= 15 is 0 Å². The molecule has 2 N–H and O–H groups in total. The van der Waals surface area contributed by atoms with Gasteiger partial charge in [-0.15, -0.1) is 0 Å². The highest BCUT2D eigenvalue weighted by atomic mass is 16.5. The van der Waals surface area contributed by atoms with Gasteiger partial charge in [0.15, 0.2) is 5.75 Å². The van der Waals surface area contributed by atoms with Crippen LogP contribution in [0, 0.1) is 0 Å². The third-order valence-electron chi connectivity index (χ3n) is 2.69. The second kappa shape index (κ2) is 4.02. The monoisotopic (exact) mass is 234 g/mol. The van der Waals surface area contributed by atoms with Gasteiger partial charge in [0.05, 0.1) is 17.4 Å². The standard InChI is InChI=1S/C13H18N2O2/c1-13(2,3)11-10(17-8-4-5-8)9(12(14)16)6-7-15-11/h6-8H,4-5H2,1-3H3,(H2,14,16). The average Bonchev–Trinajstić information content (AvgIpc) is 3.00. The molecule has 1 aliphatic carbocycles. The second-order valence-corrected chi connectivity index (χ2v) is 5.47. The molecule has 0 unspecified atom stereocenters. The molecule has 4 nitrogen and oxygen atoms in total. The maximum absolute atomic E-state index is 11.4. The Morgan fingerprint density at radius 1 is 1.47 bits per heavy atom. The molecule has 17 heavy (non-hydrogen) atoms. The molecule has 1 aliphatic rings. The van der Waals surface area contributed by atoms with Crippen molar-refractivity contribution in [2.45, 2.75) is 45.1 Å². The van der Waals surface area contributed by atoms with Crippen molar-refractivity contribution in [2.75, 3.05) is 0 Å². The minimum atomic E-state index is -0.464. The Labute approximate surface area is 101 Å². The molecule has 92 valence electrons. The number of primary amides is 1. The van der Waals surface area contributed by atoms with Crippen LogP contribution in [0.15, 0.2) is 12.3 Å². The number of carbonyl (C=O) groups excluding carboxylic acids is 1. The SMILES string of the molecule is CC(C)(C)c1nccc(C(N)=O)c1OC1CC1. The predicted octanol–water partition coefficient (Wildman–Crippen LogP) is 2.02. The molecule has 0 aliphatic heterocycles. The van der Waals surface area contributed by atoms with Crippen molar-refractivity contribution < 1.29 is 9.53 Å². The summed E-state index contributed by atoms with van der Waals surface area (Å²) in [7, 11) is 0. The minimum absolute atomic E-state index is 0.171. The summed E-state index contributed by atoms with van der Waals surface area (Å²) in [5, 5.41) is 0. The number of carbonyl (C=O) groups is 1. The first-order valence-corrected chi connectivity index (χ1v) is 5.85. The smallest absolute Gasteiger partial charge is 0.252 e. The minimum Gasteiger partial charge on any atom is -0.488 e. The molecule has 0 radical (unpaired) electrons. The molecule has 1 aromatic heterocycles. The Balaban J connectivity index is 2.49. The summed E-state index contributed by atoms with van der Waals surface area (Å²) in [4.78, 5) is 15.8. The number of nitrogens with zero attached hydrogens (tertiary/aromatic N) is 1. The van der Waals surface area contributed by atoms with Crippen LogP contribution in [0.4, 0.5) is 0 Å². The molecule has 1 aromatic rings. The lowest BCUT2D eigenvalue weighted by molar-refractivity contribution is 0.0995. The van der Waals surface area contributed by atoms with Crippen LogP contribution in [0.2, 0.25) is 0 Å². The number of rotatable bonds is 3. The second-order valence-electron chi connectivity index (χ2n) is 5.47. The first-order chi connectivity index (χ1) is 7.89. The fourth-order valence-electron chi connectivity index (χ4n) is 1.65. The molecule has 0 bridgehead atoms. The highest BCUT2D eigenvalue weighted by Crippen LogP contribution is 2.36. The maximum atomic E-state index is 11.4. The zero-order chi connectivity index (χ0) is 12.6. The van der Waals surface area contributed by atoms with Gasteiger partial charge in [0.1, 0.15) is 0 Å². The van der Waals surface area contributed by atoms with Gasteiger partial charge in [0.25, 0.3) is 5.91 Å². The van der Waals surface area contributed by atoms with Crippen LogP contribution in [0.25, 0.3) is 0 Å². The number of nitrogens with two attached hydrogens (primary N) is 1. The summed E-state index contributed by atoms with van der Waals surface area (Å²) in [5.74, 6) is 0.101. The van der Waals surface area contributed by atoms with Gasteiger partial charge >= 0.3 is 0 Å². The van der Waals surface area contributed by atoms with Gasteiger partial charge in [-0.25, -0.2) is 0 Å². The Morgan fingerprint density at radius 2 is 2.12 bits per heavy atom. The van der Waals surface area contributed by atoms with Crippen molar-refractivity contribution in [1.82, 2.24) is 4.98 Å². The maximum Gasteiger partial charge on any atom is 0.252 e. The summed E-state index contributed by atoms with van der Waals surface area (Å²) in [6.07, 6.45) is 3.91. The summed E-state index contributed by atoms with van der Waals surface area (Å²) < 4.78 is 5.81. The van der Waals surface area contributed by atoms with Crippen LogP contribution < -0.4 is 10.5 Å². The van der Waals surface area contributed by atoms with E-state index in [1.165, 1.54) is 0 Å². The molecule has 4 heteroatoms. The molecular formula is C13H18N2O2. The normalized spacial score (nSPS) is 15.7. The number of aromatic nitrogens is 1. The van der Waals surface area contributed by atoms with Crippen LogP contribution in [-0.2, 0) is 5.41 Å². The molecule has 1 amide bonds. The molecule has 0 spiro atoms. The molecular weight excluding hydrogens is 216 g/mol. The fourth-order valence-corrected chi connectivity index (χ4v) is 1.65. The average molecular weight is 234 g/mol. The van der Waals surface area contributed by atoms with Crippen molar-refractivity contribution in [2.24, 2.45) is 5.73 Å². The lowest BCUT2D eigenvalue weighted by atomic mass is 9.89. The third-order valence-corrected chi connectivity index (χ3v) is 2.69. The van der Waals surface area contributed by atoms with Crippen molar-refractivity contribution in [3.8, 4) is 5.75 Å². The molecule has 0 saturated heterocycles. The van der Waals surface area contributed by atoms with Crippen molar-refractivity contribution in [3.63, 3.8) is 0 Å². The molecule has 0 atom stereocenters. The quantitative estimate of drug-likeness (QED) is 0.870. The Kier molecular flexibility index (Phi) is 2.81. The van der Waals surface area contributed by atoms with E-state index in [0.29, 0.717) is 11.3 Å². The van der Waals surface area contributed by atoms with Gasteiger partial charge in [-0.05, 0) is 18.9 Å². The number of amides is 1. The lowest BCUT2D eigenvalue weighted by Gasteiger charge is -2.22. The van der Waals surface area contributed by atoms with Gasteiger partial charge < -0.3 is 10.5 Å². The van der Waals surface area contributed by atoms with Gasteiger partial charge in [0, 0.05) is 11.6 Å². The molecule has 0 aromatic carbocycles. The number of hydrogen-bond acceptors (Lipinski definition) is 3. The van der Waals surface area contributed by atoms with E-state index in [9.17, 15) is 4.79 Å². The van der Waals surface area contributed by atoms with E-state index in [0.717, 1.165) is 18.5 Å².